The molecule has 78 valence electrons. The molecule has 1 rings (SSSR count). The van der Waals surface area contributed by atoms with Crippen molar-refractivity contribution < 1.29 is 0 Å². The molecule has 1 nitrogen and oxygen atoms in total. The summed E-state index contributed by atoms with van der Waals surface area (Å²) in [6.45, 7) is 11.1. The highest BCUT2D eigenvalue weighted by atomic mass is 14.8. The molecular formula is C13H21N. The molecule has 0 aliphatic heterocycles. The topological polar surface area (TPSA) is 12.0 Å². The molecule has 0 heterocycles. The Balaban J connectivity index is 3.40. The minimum absolute atomic E-state index is 0.610. The summed E-state index contributed by atoms with van der Waals surface area (Å²) in [5.41, 5.74) is 6.91. The van der Waals surface area contributed by atoms with Gasteiger partial charge in [-0.05, 0) is 48.9 Å². The molecule has 0 fully saturated rings. The van der Waals surface area contributed by atoms with Gasteiger partial charge < -0.3 is 5.32 Å². The fourth-order valence-electron chi connectivity index (χ4n) is 2.10. The highest BCUT2D eigenvalue weighted by Gasteiger charge is 2.10. The molecule has 0 saturated carbocycles. The van der Waals surface area contributed by atoms with E-state index in [9.17, 15) is 0 Å². The Morgan fingerprint density at radius 2 is 1.64 bits per heavy atom. The van der Waals surface area contributed by atoms with E-state index in [2.05, 4.69) is 46.0 Å². The summed E-state index contributed by atoms with van der Waals surface area (Å²) in [7, 11) is 1.99. The predicted octanol–water partition coefficient (Wildman–Crippen LogP) is 3.78. The number of benzene rings is 1. The van der Waals surface area contributed by atoms with Gasteiger partial charge in [0.05, 0.1) is 0 Å². The number of anilines is 1. The first kappa shape index (κ1) is 11.1. The van der Waals surface area contributed by atoms with E-state index in [0.29, 0.717) is 5.92 Å². The molecule has 0 aromatic heterocycles. The maximum atomic E-state index is 3.27. The van der Waals surface area contributed by atoms with E-state index >= 15 is 0 Å². The Bertz CT molecular complexity index is 338. The molecule has 0 saturated heterocycles. The van der Waals surface area contributed by atoms with Crippen LogP contribution in [0.4, 0.5) is 5.69 Å². The lowest BCUT2D eigenvalue weighted by Crippen LogP contribution is -2.02. The van der Waals surface area contributed by atoms with Gasteiger partial charge in [-0.25, -0.2) is 0 Å². The van der Waals surface area contributed by atoms with Crippen LogP contribution in [-0.4, -0.2) is 7.05 Å². The van der Waals surface area contributed by atoms with Gasteiger partial charge in [-0.2, -0.15) is 0 Å². The van der Waals surface area contributed by atoms with Crippen molar-refractivity contribution in [3.8, 4) is 0 Å². The van der Waals surface area contributed by atoms with Crippen molar-refractivity contribution in [2.75, 3.05) is 12.4 Å². The Hall–Kier alpha value is -0.980. The first-order chi connectivity index (χ1) is 6.49. The first-order valence-electron chi connectivity index (χ1n) is 5.27. The molecule has 14 heavy (non-hydrogen) atoms. The van der Waals surface area contributed by atoms with Gasteiger partial charge in [0, 0.05) is 12.7 Å². The molecule has 0 bridgehead atoms. The van der Waals surface area contributed by atoms with Crippen LogP contribution in [0.1, 0.15) is 42.0 Å². The van der Waals surface area contributed by atoms with Crippen LogP contribution in [0.2, 0.25) is 0 Å². The lowest BCUT2D eigenvalue weighted by molar-refractivity contribution is 0.852. The van der Waals surface area contributed by atoms with Gasteiger partial charge in [0.2, 0.25) is 0 Å². The van der Waals surface area contributed by atoms with Crippen LogP contribution >= 0.6 is 0 Å². The van der Waals surface area contributed by atoms with Crippen LogP contribution in [0.3, 0.4) is 0 Å². The van der Waals surface area contributed by atoms with Crippen molar-refractivity contribution in [2.45, 2.75) is 40.5 Å². The van der Waals surface area contributed by atoms with Gasteiger partial charge in [-0.1, -0.05) is 19.9 Å². The number of hydrogen-bond acceptors (Lipinski definition) is 1. The van der Waals surface area contributed by atoms with Crippen LogP contribution in [0.15, 0.2) is 6.07 Å². The van der Waals surface area contributed by atoms with E-state index in [1.54, 1.807) is 0 Å². The van der Waals surface area contributed by atoms with Crippen molar-refractivity contribution in [2.24, 2.45) is 0 Å². The van der Waals surface area contributed by atoms with Crippen LogP contribution in [-0.2, 0) is 0 Å². The molecule has 0 amide bonds. The van der Waals surface area contributed by atoms with Gasteiger partial charge in [0.1, 0.15) is 0 Å². The Morgan fingerprint density at radius 3 is 2.07 bits per heavy atom. The highest BCUT2D eigenvalue weighted by molar-refractivity contribution is 5.61. The zero-order valence-corrected chi connectivity index (χ0v) is 10.2. The molecule has 1 aromatic rings. The normalized spacial score (nSPS) is 10.8. The summed E-state index contributed by atoms with van der Waals surface area (Å²) in [6, 6.07) is 2.30. The fourth-order valence-corrected chi connectivity index (χ4v) is 2.10. The van der Waals surface area contributed by atoms with Crippen molar-refractivity contribution in [3.05, 3.63) is 28.3 Å². The summed E-state index contributed by atoms with van der Waals surface area (Å²) in [5.74, 6) is 0.610. The second-order valence-corrected chi connectivity index (χ2v) is 4.31. The summed E-state index contributed by atoms with van der Waals surface area (Å²) < 4.78 is 0. The van der Waals surface area contributed by atoms with E-state index in [-0.39, 0.29) is 0 Å². The third-order valence-electron chi connectivity index (χ3n) is 3.01. The smallest absolute Gasteiger partial charge is 0.0399 e. The monoisotopic (exact) mass is 191 g/mol. The Morgan fingerprint density at radius 1 is 1.07 bits per heavy atom. The molecule has 0 aliphatic carbocycles. The van der Waals surface area contributed by atoms with E-state index in [1.807, 2.05) is 7.05 Å². The second kappa shape index (κ2) is 4.04. The molecule has 0 radical (unpaired) electrons. The van der Waals surface area contributed by atoms with Gasteiger partial charge in [0.25, 0.3) is 0 Å². The average Bonchev–Trinajstić information content (AvgIpc) is 2.12. The molecular weight excluding hydrogens is 170 g/mol. The minimum atomic E-state index is 0.610. The zero-order valence-electron chi connectivity index (χ0n) is 10.2. The van der Waals surface area contributed by atoms with Crippen molar-refractivity contribution in [1.82, 2.24) is 0 Å². The quantitative estimate of drug-likeness (QED) is 0.750. The van der Waals surface area contributed by atoms with E-state index in [4.69, 9.17) is 0 Å². The summed E-state index contributed by atoms with van der Waals surface area (Å²) in [5, 5.41) is 3.27. The standard InChI is InChI=1S/C13H21N/c1-8(2)12-7-9(3)13(14-6)11(5)10(12)4/h7-8,14H,1-6H3. The fraction of sp³-hybridized carbons (Fsp3) is 0.538. The molecule has 1 N–H and O–H groups in total. The Labute approximate surface area is 87.5 Å². The molecule has 1 heteroatoms. The molecule has 0 atom stereocenters. The first-order valence-corrected chi connectivity index (χ1v) is 5.27. The summed E-state index contributed by atoms with van der Waals surface area (Å²) in [6.07, 6.45) is 0. The van der Waals surface area contributed by atoms with E-state index < -0.39 is 0 Å². The minimum Gasteiger partial charge on any atom is -0.388 e. The van der Waals surface area contributed by atoms with Crippen molar-refractivity contribution >= 4 is 5.69 Å². The van der Waals surface area contributed by atoms with Crippen LogP contribution in [0.5, 0.6) is 0 Å². The van der Waals surface area contributed by atoms with Crippen molar-refractivity contribution in [3.63, 3.8) is 0 Å². The molecule has 0 spiro atoms. The van der Waals surface area contributed by atoms with Gasteiger partial charge in [-0.3, -0.25) is 0 Å². The highest BCUT2D eigenvalue weighted by Crippen LogP contribution is 2.30. The number of rotatable bonds is 2. The maximum Gasteiger partial charge on any atom is 0.0399 e. The van der Waals surface area contributed by atoms with Gasteiger partial charge in [-0.15, -0.1) is 0 Å². The van der Waals surface area contributed by atoms with E-state index in [0.717, 1.165) is 0 Å². The average molecular weight is 191 g/mol. The molecule has 0 unspecified atom stereocenters. The number of nitrogens with one attached hydrogen (secondary N) is 1. The lowest BCUT2D eigenvalue weighted by Gasteiger charge is -2.18. The lowest BCUT2D eigenvalue weighted by atomic mass is 9.91. The Kier molecular flexibility index (Phi) is 3.20. The SMILES string of the molecule is CNc1c(C)cc(C(C)C)c(C)c1C. The predicted molar refractivity (Wildman–Crippen MR) is 64.3 cm³/mol. The molecule has 0 aliphatic rings. The second-order valence-electron chi connectivity index (χ2n) is 4.31. The van der Waals surface area contributed by atoms with Crippen LogP contribution in [0, 0.1) is 20.8 Å². The third-order valence-corrected chi connectivity index (χ3v) is 3.01. The molecule has 1 aromatic carbocycles. The number of aryl methyl sites for hydroxylation is 1. The number of hydrogen-bond donors (Lipinski definition) is 1. The largest absolute Gasteiger partial charge is 0.388 e. The zero-order chi connectivity index (χ0) is 10.9. The summed E-state index contributed by atoms with van der Waals surface area (Å²) >= 11 is 0. The van der Waals surface area contributed by atoms with Crippen LogP contribution in [0.25, 0.3) is 0 Å². The van der Waals surface area contributed by atoms with Gasteiger partial charge in [0.15, 0.2) is 0 Å². The summed E-state index contributed by atoms with van der Waals surface area (Å²) in [4.78, 5) is 0. The van der Waals surface area contributed by atoms with Crippen LogP contribution < -0.4 is 5.32 Å². The third kappa shape index (κ3) is 1.77. The maximum absolute atomic E-state index is 3.27. The van der Waals surface area contributed by atoms with Crippen molar-refractivity contribution in [1.29, 1.82) is 0 Å². The van der Waals surface area contributed by atoms with E-state index in [1.165, 1.54) is 27.9 Å². The van der Waals surface area contributed by atoms with Gasteiger partial charge >= 0.3 is 0 Å².